The van der Waals surface area contributed by atoms with Crippen LogP contribution < -0.4 is 9.47 Å². The average Bonchev–Trinajstić information content (AvgIpc) is 3.67. The number of H-pyrrole nitrogens is 1. The second-order valence-electron chi connectivity index (χ2n) is 11.1. The molecule has 1 unspecified atom stereocenters. The molecule has 0 bridgehead atoms. The first-order chi connectivity index (χ1) is 21.1. The topological polar surface area (TPSA) is 85.4 Å². The molecule has 1 saturated heterocycles. The molecule has 0 aliphatic carbocycles. The largest absolute Gasteiger partial charge is 0.451 e. The lowest BCUT2D eigenvalue weighted by atomic mass is 9.88. The van der Waals surface area contributed by atoms with Crippen LogP contribution in [-0.2, 0) is 23.9 Å². The van der Waals surface area contributed by atoms with Crippen molar-refractivity contribution in [2.45, 2.75) is 57.2 Å². The lowest BCUT2D eigenvalue weighted by Gasteiger charge is -2.32. The van der Waals surface area contributed by atoms with Crippen molar-refractivity contribution in [2.24, 2.45) is 0 Å². The summed E-state index contributed by atoms with van der Waals surface area (Å²) >= 11 is 5.91. The molecular formula is C31H30ClF4N5O3. The maximum Gasteiger partial charge on any atom is 0.451 e. The third-order valence-corrected chi connectivity index (χ3v) is 8.32. The van der Waals surface area contributed by atoms with Crippen LogP contribution in [0.3, 0.4) is 0 Å². The van der Waals surface area contributed by atoms with Gasteiger partial charge in [-0.3, -0.25) is 9.88 Å². The van der Waals surface area contributed by atoms with Gasteiger partial charge in [0.2, 0.25) is 5.82 Å². The van der Waals surface area contributed by atoms with Crippen LogP contribution in [0.5, 0.6) is 11.5 Å². The Hall–Kier alpha value is -3.74. The zero-order valence-corrected chi connectivity index (χ0v) is 24.8. The minimum absolute atomic E-state index is 0.00569. The smallest absolute Gasteiger partial charge is 0.447 e. The van der Waals surface area contributed by atoms with Crippen molar-refractivity contribution in [1.29, 1.82) is 0 Å². The van der Waals surface area contributed by atoms with E-state index in [-0.39, 0.29) is 23.4 Å². The molecule has 0 saturated carbocycles. The van der Waals surface area contributed by atoms with Crippen LogP contribution in [0.1, 0.15) is 60.2 Å². The van der Waals surface area contributed by atoms with Gasteiger partial charge in [0, 0.05) is 42.4 Å². The fourth-order valence-electron chi connectivity index (χ4n) is 5.65. The van der Waals surface area contributed by atoms with Gasteiger partial charge in [0.1, 0.15) is 5.82 Å². The van der Waals surface area contributed by atoms with Gasteiger partial charge < -0.3 is 19.2 Å². The molecule has 2 aromatic heterocycles. The quantitative estimate of drug-likeness (QED) is 0.208. The number of nitrogens with zero attached hydrogens (tertiary/aromatic N) is 4. The van der Waals surface area contributed by atoms with E-state index in [1.807, 2.05) is 25.1 Å². The van der Waals surface area contributed by atoms with Crippen molar-refractivity contribution in [3.8, 4) is 22.9 Å². The fourth-order valence-corrected chi connectivity index (χ4v) is 5.81. The first kappa shape index (κ1) is 30.3. The van der Waals surface area contributed by atoms with E-state index in [1.165, 1.54) is 12.3 Å². The lowest BCUT2D eigenvalue weighted by Crippen LogP contribution is -2.33. The molecule has 2 aliphatic heterocycles. The number of aromatic nitrogens is 4. The standard InChI is InChI=1S/C31H30ClF4N5O3/c1-17(42-2)12-19-13-20(28-38-30(40-39-28)31(34,35)36)15-37-25(19)16-41-10-8-18(9-11-41)22-4-3-5-26-27(22)44-29(43-26)23-7-6-21(32)14-24(23)33/h3-7,13-15,17-18,29H,8-12,16H2,1-2H3,(H,38,39,40)/t17?,29-/m0/s1. The van der Waals surface area contributed by atoms with Crippen molar-refractivity contribution < 1.29 is 31.8 Å². The number of para-hydroxylation sites is 1. The number of benzene rings is 2. The van der Waals surface area contributed by atoms with Gasteiger partial charge in [-0.05, 0) is 74.7 Å². The Kier molecular flexibility index (Phi) is 8.49. The number of alkyl halides is 3. The maximum atomic E-state index is 14.6. The van der Waals surface area contributed by atoms with Crippen molar-refractivity contribution in [2.75, 3.05) is 20.2 Å². The molecular weight excluding hydrogens is 602 g/mol. The van der Waals surface area contributed by atoms with E-state index in [0.717, 1.165) is 42.8 Å². The molecule has 1 N–H and O–H groups in total. The van der Waals surface area contributed by atoms with Gasteiger partial charge in [-0.2, -0.15) is 13.2 Å². The zero-order valence-electron chi connectivity index (χ0n) is 24.0. The molecule has 8 nitrogen and oxygen atoms in total. The highest BCUT2D eigenvalue weighted by Crippen LogP contribution is 2.47. The molecule has 0 spiro atoms. The van der Waals surface area contributed by atoms with Gasteiger partial charge >= 0.3 is 6.18 Å². The van der Waals surface area contributed by atoms with Gasteiger partial charge in [-0.15, -0.1) is 10.2 Å². The molecule has 13 heteroatoms. The zero-order chi connectivity index (χ0) is 31.0. The summed E-state index contributed by atoms with van der Waals surface area (Å²) in [4.78, 5) is 9.20. The first-order valence-electron chi connectivity index (χ1n) is 14.2. The van der Waals surface area contributed by atoms with Crippen LogP contribution >= 0.6 is 11.6 Å². The van der Waals surface area contributed by atoms with E-state index in [9.17, 15) is 17.6 Å². The average molecular weight is 632 g/mol. The predicted octanol–water partition coefficient (Wildman–Crippen LogP) is 7.11. The fraction of sp³-hybridized carbons (Fsp3) is 0.387. The van der Waals surface area contributed by atoms with Crippen LogP contribution in [0.2, 0.25) is 5.02 Å². The lowest BCUT2D eigenvalue weighted by molar-refractivity contribution is -0.144. The number of rotatable bonds is 8. The normalized spacial score (nSPS) is 18.1. The van der Waals surface area contributed by atoms with Gasteiger partial charge in [0.15, 0.2) is 17.3 Å². The van der Waals surface area contributed by atoms with E-state index in [4.69, 9.17) is 25.8 Å². The number of ether oxygens (including phenoxy) is 3. The molecule has 232 valence electrons. The summed E-state index contributed by atoms with van der Waals surface area (Å²) in [6.07, 6.45) is -1.85. The number of aromatic amines is 1. The van der Waals surface area contributed by atoms with E-state index in [1.54, 1.807) is 25.3 Å². The highest BCUT2D eigenvalue weighted by Gasteiger charge is 2.36. The molecule has 4 heterocycles. The molecule has 1 fully saturated rings. The number of methoxy groups -OCH3 is 1. The van der Waals surface area contributed by atoms with E-state index >= 15 is 0 Å². The summed E-state index contributed by atoms with van der Waals surface area (Å²) in [5, 5.41) is 7.22. The van der Waals surface area contributed by atoms with E-state index in [2.05, 4.69) is 25.1 Å². The molecule has 44 heavy (non-hydrogen) atoms. The van der Waals surface area contributed by atoms with Gasteiger partial charge in [-0.25, -0.2) is 4.39 Å². The first-order valence-corrected chi connectivity index (χ1v) is 14.6. The van der Waals surface area contributed by atoms with Crippen LogP contribution in [0, 0.1) is 5.82 Å². The molecule has 2 aromatic carbocycles. The molecule has 2 aliphatic rings. The Balaban J connectivity index is 1.14. The predicted molar refractivity (Wildman–Crippen MR) is 154 cm³/mol. The van der Waals surface area contributed by atoms with Gasteiger partial charge in [0.05, 0.1) is 17.4 Å². The van der Waals surface area contributed by atoms with Crippen molar-refractivity contribution in [3.63, 3.8) is 0 Å². The molecule has 4 aromatic rings. The number of nitrogens with one attached hydrogen (secondary N) is 1. The summed E-state index contributed by atoms with van der Waals surface area (Å²) in [5.74, 6) is -0.195. The summed E-state index contributed by atoms with van der Waals surface area (Å²) in [7, 11) is 1.61. The Bertz CT molecular complexity index is 1640. The number of hydrogen-bond acceptors (Lipinski definition) is 7. The number of halogens is 5. The van der Waals surface area contributed by atoms with Crippen molar-refractivity contribution in [3.05, 3.63) is 87.7 Å². The second-order valence-corrected chi connectivity index (χ2v) is 11.5. The minimum Gasteiger partial charge on any atom is -0.447 e. The third kappa shape index (κ3) is 6.38. The Morgan fingerprint density at radius 2 is 1.89 bits per heavy atom. The number of likely N-dealkylation sites (tertiary alicyclic amines) is 1. The number of piperidine rings is 1. The summed E-state index contributed by atoms with van der Waals surface area (Å²) < 4.78 is 71.3. The van der Waals surface area contributed by atoms with Crippen molar-refractivity contribution in [1.82, 2.24) is 25.1 Å². The van der Waals surface area contributed by atoms with Crippen LogP contribution in [0.25, 0.3) is 11.4 Å². The molecule has 2 atom stereocenters. The summed E-state index contributed by atoms with van der Waals surface area (Å²) in [6.45, 7) is 4.09. The summed E-state index contributed by atoms with van der Waals surface area (Å²) in [6, 6.07) is 12.0. The third-order valence-electron chi connectivity index (χ3n) is 8.08. The molecule has 0 radical (unpaired) electrons. The maximum absolute atomic E-state index is 14.6. The van der Waals surface area contributed by atoms with Gasteiger partial charge in [0.25, 0.3) is 6.29 Å². The van der Waals surface area contributed by atoms with E-state index < -0.39 is 24.1 Å². The van der Waals surface area contributed by atoms with Crippen LogP contribution in [0.4, 0.5) is 17.6 Å². The number of fused-ring (bicyclic) bond motifs is 1. The van der Waals surface area contributed by atoms with E-state index in [0.29, 0.717) is 35.1 Å². The highest BCUT2D eigenvalue weighted by molar-refractivity contribution is 6.30. The Morgan fingerprint density at radius 3 is 2.59 bits per heavy atom. The van der Waals surface area contributed by atoms with Crippen LogP contribution in [-0.4, -0.2) is 51.4 Å². The van der Waals surface area contributed by atoms with Crippen LogP contribution in [0.15, 0.2) is 48.7 Å². The highest BCUT2D eigenvalue weighted by atomic mass is 35.5. The Morgan fingerprint density at radius 1 is 1.09 bits per heavy atom. The number of pyridine rings is 1. The van der Waals surface area contributed by atoms with Crippen molar-refractivity contribution >= 4 is 11.6 Å². The Labute approximate surface area is 256 Å². The molecule has 6 rings (SSSR count). The molecule has 0 amide bonds. The SMILES string of the molecule is COC(C)Cc1cc(-c2nnc(C(F)(F)F)[nH]2)cnc1CN1CCC(c2cccc3c2O[C@@H](c2ccc(Cl)cc2F)O3)CC1. The minimum atomic E-state index is -4.62. The monoisotopic (exact) mass is 631 g/mol. The summed E-state index contributed by atoms with van der Waals surface area (Å²) in [5.41, 5.74) is 3.44. The van der Waals surface area contributed by atoms with Gasteiger partial charge in [-0.1, -0.05) is 23.7 Å². The number of hydrogen-bond donors (Lipinski definition) is 1. The second kappa shape index (κ2) is 12.3.